The number of nitrogens with zero attached hydrogens (tertiary/aromatic N) is 1. The first-order valence-electron chi connectivity index (χ1n) is 6.28. The molecule has 0 spiro atoms. The minimum Gasteiger partial charge on any atom is -0.480 e. The fourth-order valence-corrected chi connectivity index (χ4v) is 2.06. The lowest BCUT2D eigenvalue weighted by molar-refractivity contribution is -0.139. The number of hydrogen-bond acceptors (Lipinski definition) is 5. The second-order valence-electron chi connectivity index (χ2n) is 4.91. The van der Waals surface area contributed by atoms with Crippen LogP contribution in [0.15, 0.2) is 27.4 Å². The van der Waals surface area contributed by atoms with Crippen LogP contribution >= 0.6 is 0 Å². The summed E-state index contributed by atoms with van der Waals surface area (Å²) in [4.78, 5) is 27.0. The summed E-state index contributed by atoms with van der Waals surface area (Å²) in [6.45, 7) is 3.49. The lowest BCUT2D eigenvalue weighted by Gasteiger charge is -2.14. The van der Waals surface area contributed by atoms with E-state index in [1.807, 2.05) is 13.0 Å². The lowest BCUT2D eigenvalue weighted by atomic mass is 9.99. The van der Waals surface area contributed by atoms with Crippen molar-refractivity contribution in [1.82, 2.24) is 4.98 Å². The van der Waals surface area contributed by atoms with Gasteiger partial charge in [-0.15, -0.1) is 0 Å². The Morgan fingerprint density at radius 3 is 2.85 bits per heavy atom. The maximum absolute atomic E-state index is 12.0. The van der Waals surface area contributed by atoms with E-state index in [9.17, 15) is 9.59 Å². The van der Waals surface area contributed by atoms with Crippen LogP contribution in [0.2, 0.25) is 0 Å². The lowest BCUT2D eigenvalue weighted by Crippen LogP contribution is -2.37. The highest BCUT2D eigenvalue weighted by atomic mass is 16.4. The molecule has 1 heterocycles. The van der Waals surface area contributed by atoms with Crippen molar-refractivity contribution in [3.8, 4) is 0 Å². The molecule has 1 aromatic carbocycles. The Bertz CT molecular complexity index is 708. The number of aromatic nitrogens is 1. The van der Waals surface area contributed by atoms with Crippen LogP contribution in [0.3, 0.4) is 0 Å². The Balaban J connectivity index is 2.38. The van der Waals surface area contributed by atoms with E-state index in [0.717, 1.165) is 5.56 Å². The van der Waals surface area contributed by atoms with Crippen LogP contribution in [0.25, 0.3) is 10.9 Å². The van der Waals surface area contributed by atoms with Gasteiger partial charge in [0, 0.05) is 6.42 Å². The van der Waals surface area contributed by atoms with Gasteiger partial charge in [0.05, 0.1) is 10.9 Å². The number of hydrogen-bond donors (Lipinski definition) is 2. The minimum absolute atomic E-state index is 0.201. The van der Waals surface area contributed by atoms with Crippen LogP contribution < -0.4 is 11.4 Å². The predicted molar refractivity (Wildman–Crippen MR) is 73.5 cm³/mol. The van der Waals surface area contributed by atoms with Gasteiger partial charge < -0.3 is 15.3 Å². The molecule has 0 radical (unpaired) electrons. The van der Waals surface area contributed by atoms with Gasteiger partial charge in [0.25, 0.3) is 0 Å². The maximum atomic E-state index is 12.0. The van der Waals surface area contributed by atoms with E-state index in [1.54, 1.807) is 19.1 Å². The molecule has 2 atom stereocenters. The molecular weight excluding hydrogens is 260 g/mol. The Hall–Kier alpha value is -2.21. The van der Waals surface area contributed by atoms with Gasteiger partial charge >= 0.3 is 11.6 Å². The molecule has 1 aromatic heterocycles. The highest BCUT2D eigenvalue weighted by molar-refractivity contribution is 5.80. The third-order valence-corrected chi connectivity index (χ3v) is 3.31. The van der Waals surface area contributed by atoms with E-state index >= 15 is 0 Å². The highest BCUT2D eigenvalue weighted by Crippen LogP contribution is 2.15. The van der Waals surface area contributed by atoms with Crippen molar-refractivity contribution in [2.45, 2.75) is 26.3 Å². The first-order valence-corrected chi connectivity index (χ1v) is 6.28. The molecule has 2 rings (SSSR count). The van der Waals surface area contributed by atoms with Gasteiger partial charge in [-0.05, 0) is 24.5 Å². The zero-order valence-corrected chi connectivity index (χ0v) is 11.3. The number of benzene rings is 1. The summed E-state index contributed by atoms with van der Waals surface area (Å²) in [6, 6.07) is 4.32. The van der Waals surface area contributed by atoms with E-state index < -0.39 is 17.6 Å². The zero-order valence-electron chi connectivity index (χ0n) is 11.3. The van der Waals surface area contributed by atoms with E-state index in [4.69, 9.17) is 15.3 Å². The molecular formula is C14H16N2O4. The number of fused-ring (bicyclic) bond motifs is 1. The van der Waals surface area contributed by atoms with Crippen LogP contribution in [-0.4, -0.2) is 22.1 Å². The summed E-state index contributed by atoms with van der Waals surface area (Å²) in [7, 11) is 0. The Labute approximate surface area is 115 Å². The summed E-state index contributed by atoms with van der Waals surface area (Å²) >= 11 is 0. The summed E-state index contributed by atoms with van der Waals surface area (Å²) in [5, 5.41) is 9.31. The fourth-order valence-electron chi connectivity index (χ4n) is 2.06. The highest BCUT2D eigenvalue weighted by Gasteiger charge is 2.22. The molecule has 6 nitrogen and oxygen atoms in total. The van der Waals surface area contributed by atoms with Crippen LogP contribution in [0.5, 0.6) is 0 Å². The summed E-state index contributed by atoms with van der Waals surface area (Å²) in [5.41, 5.74) is 6.42. The average molecular weight is 276 g/mol. The smallest absolute Gasteiger partial charge is 0.347 e. The van der Waals surface area contributed by atoms with Gasteiger partial charge in [-0.2, -0.15) is 0 Å². The number of aryl methyl sites for hydroxylation is 1. The molecule has 0 bridgehead atoms. The molecule has 2 aromatic rings. The number of rotatable bonds is 4. The quantitative estimate of drug-likeness (QED) is 0.865. The molecule has 3 N–H and O–H groups in total. The molecule has 6 heteroatoms. The monoisotopic (exact) mass is 276 g/mol. The molecule has 0 amide bonds. The molecule has 0 fully saturated rings. The van der Waals surface area contributed by atoms with E-state index in [2.05, 4.69) is 4.98 Å². The maximum Gasteiger partial charge on any atom is 0.347 e. The number of nitrogens with two attached hydrogens (primary N) is 1. The molecule has 0 aliphatic rings. The topological polar surface area (TPSA) is 106 Å². The van der Waals surface area contributed by atoms with Gasteiger partial charge in [0.1, 0.15) is 6.04 Å². The van der Waals surface area contributed by atoms with Gasteiger partial charge in [0.15, 0.2) is 5.89 Å². The first kappa shape index (κ1) is 14.2. The fraction of sp³-hybridized carbons (Fsp3) is 0.357. The molecule has 0 aliphatic heterocycles. The van der Waals surface area contributed by atoms with Crippen LogP contribution in [0.4, 0.5) is 0 Å². The first-order chi connectivity index (χ1) is 9.40. The van der Waals surface area contributed by atoms with Gasteiger partial charge in [0.2, 0.25) is 0 Å². The Morgan fingerprint density at radius 1 is 1.50 bits per heavy atom. The van der Waals surface area contributed by atoms with Gasteiger partial charge in [-0.1, -0.05) is 19.1 Å². The molecule has 0 saturated heterocycles. The summed E-state index contributed by atoms with van der Waals surface area (Å²) in [5.74, 6) is -1.26. The van der Waals surface area contributed by atoms with Gasteiger partial charge in [-0.3, -0.25) is 4.79 Å². The largest absolute Gasteiger partial charge is 0.480 e. The molecule has 20 heavy (non-hydrogen) atoms. The normalized spacial score (nSPS) is 14.2. The van der Waals surface area contributed by atoms with E-state index in [-0.39, 0.29) is 18.2 Å². The second-order valence-corrected chi connectivity index (χ2v) is 4.91. The van der Waals surface area contributed by atoms with Crippen molar-refractivity contribution in [2.75, 3.05) is 0 Å². The van der Waals surface area contributed by atoms with Crippen LogP contribution in [-0.2, 0) is 11.2 Å². The van der Waals surface area contributed by atoms with Crippen molar-refractivity contribution < 1.29 is 14.3 Å². The SMILES string of the molecule is Cc1cccc2nc(CC(C)[C@H](N)C(=O)O)oc(=O)c12. The predicted octanol–water partition coefficient (Wildman–Crippen LogP) is 1.09. The molecule has 106 valence electrons. The van der Waals surface area contributed by atoms with Crippen LogP contribution in [0, 0.1) is 12.8 Å². The van der Waals surface area contributed by atoms with Crippen molar-refractivity contribution in [3.05, 3.63) is 40.1 Å². The van der Waals surface area contributed by atoms with Crippen molar-refractivity contribution >= 4 is 16.9 Å². The second kappa shape index (κ2) is 5.42. The number of aliphatic carboxylic acids is 1. The Morgan fingerprint density at radius 2 is 2.20 bits per heavy atom. The summed E-state index contributed by atoms with van der Waals surface area (Å²) < 4.78 is 5.16. The standard InChI is InChI=1S/C14H16N2O4/c1-7-4-3-5-9-11(7)14(19)20-10(16-9)6-8(2)12(15)13(17)18/h3-5,8,12H,6,15H2,1-2H3,(H,17,18)/t8?,12-/m0/s1. The molecule has 1 unspecified atom stereocenters. The third kappa shape index (κ3) is 2.70. The third-order valence-electron chi connectivity index (χ3n) is 3.31. The summed E-state index contributed by atoms with van der Waals surface area (Å²) in [6.07, 6.45) is 0.201. The molecule has 0 saturated carbocycles. The number of carbonyl (C=O) groups is 1. The van der Waals surface area contributed by atoms with Crippen LogP contribution in [0.1, 0.15) is 18.4 Å². The Kier molecular flexibility index (Phi) is 3.85. The van der Waals surface area contributed by atoms with Crippen molar-refractivity contribution in [2.24, 2.45) is 11.7 Å². The zero-order chi connectivity index (χ0) is 14.9. The van der Waals surface area contributed by atoms with E-state index in [1.165, 1.54) is 0 Å². The van der Waals surface area contributed by atoms with Crippen molar-refractivity contribution in [1.29, 1.82) is 0 Å². The minimum atomic E-state index is -1.09. The molecule has 0 aliphatic carbocycles. The van der Waals surface area contributed by atoms with Crippen molar-refractivity contribution in [3.63, 3.8) is 0 Å². The number of carboxylic acid groups (broad SMARTS) is 1. The average Bonchev–Trinajstić information content (AvgIpc) is 2.37. The number of carboxylic acids is 1. The van der Waals surface area contributed by atoms with Gasteiger partial charge in [-0.25, -0.2) is 9.78 Å². The van der Waals surface area contributed by atoms with E-state index in [0.29, 0.717) is 10.9 Å².